The summed E-state index contributed by atoms with van der Waals surface area (Å²) in [5, 5.41) is 32.0. The molecule has 2 aliphatic rings. The molecular formula is C48H86N14O11. The molecule has 0 aromatic heterocycles. The molecule has 10 amide bonds. The van der Waals surface area contributed by atoms with Crippen LogP contribution in [0.2, 0.25) is 0 Å². The van der Waals surface area contributed by atoms with E-state index >= 15 is 0 Å². The van der Waals surface area contributed by atoms with Crippen molar-refractivity contribution in [1.29, 1.82) is 0 Å². The predicted octanol–water partition coefficient (Wildman–Crippen LogP) is -2.93. The molecule has 0 aromatic rings. The van der Waals surface area contributed by atoms with Gasteiger partial charge in [-0.05, 0) is 96.6 Å². The number of rotatable bonds is 30. The van der Waals surface area contributed by atoms with Crippen LogP contribution in [0.5, 0.6) is 0 Å². The maximum Gasteiger partial charge on any atom is 0.245 e. The number of amides is 10. The Labute approximate surface area is 429 Å². The third kappa shape index (κ3) is 20.4. The Morgan fingerprint density at radius 1 is 0.644 bits per heavy atom. The molecule has 15 N–H and O–H groups in total. The van der Waals surface area contributed by atoms with Crippen molar-refractivity contribution in [3.8, 4) is 0 Å². The number of aliphatic hydroxyl groups is 1. The lowest BCUT2D eigenvalue weighted by molar-refractivity contribution is -0.142. The number of nitrogens with one attached hydrogen (secondary N) is 8. The topological polar surface area (TPSA) is 384 Å². The number of nitrogens with two attached hydrogens (primary N) is 3. The van der Waals surface area contributed by atoms with Gasteiger partial charge in [0.25, 0.3) is 0 Å². The van der Waals surface area contributed by atoms with Crippen molar-refractivity contribution in [3.63, 3.8) is 0 Å². The van der Waals surface area contributed by atoms with E-state index in [9.17, 15) is 53.1 Å². The van der Waals surface area contributed by atoms with Gasteiger partial charge in [-0.1, -0.05) is 61.3 Å². The summed E-state index contributed by atoms with van der Waals surface area (Å²) in [6, 6.07) is -9.96. The zero-order chi connectivity index (χ0) is 55.3. The van der Waals surface area contributed by atoms with Gasteiger partial charge in [0, 0.05) is 13.1 Å². The maximum absolute atomic E-state index is 14.2. The summed E-state index contributed by atoms with van der Waals surface area (Å²) >= 11 is 0. The van der Waals surface area contributed by atoms with Crippen LogP contribution in [0, 0.1) is 17.8 Å². The summed E-state index contributed by atoms with van der Waals surface area (Å²) in [4.78, 5) is 142. The first-order valence-corrected chi connectivity index (χ1v) is 25.7. The van der Waals surface area contributed by atoms with E-state index in [1.807, 2.05) is 25.8 Å². The normalized spacial score (nSPS) is 19.4. The largest absolute Gasteiger partial charge is 0.391 e. The number of aliphatic hydroxyl groups excluding tert-OH is 1. The number of aliphatic imine (C=N–C) groups is 1. The highest BCUT2D eigenvalue weighted by Crippen LogP contribution is 2.21. The van der Waals surface area contributed by atoms with Crippen molar-refractivity contribution in [3.05, 3.63) is 0 Å². The molecule has 73 heavy (non-hydrogen) atoms. The van der Waals surface area contributed by atoms with Crippen LogP contribution in [-0.4, -0.2) is 174 Å². The standard InChI is InChI=1S/C48H86N14O11/c1-11-16-30(40(66)59-37(27(7)12-2)45(71)56-31(17-13-20-52-48(50)51)47(73)62-22-15-19-34(62)43(69)54-28(8)39(49)65)55-46(72)38(29(9)63)60-41(67)32(23-25(3)4)57-44(70)36(26(5)6)58-35(64)24-53-42(68)33-18-14-21-61(33)10/h25-34,36-38,63H,11-24H2,1-10H3,(H2,49,65)(H,53,68)(H,54,69)(H,55,72)(H,56,71)(H,57,70)(H,58,64)(H,59,66)(H,60,67)(H4,50,51,52)/t27-,28+,29+,30-,31-,32+,33-,34-,36-,37-,38-/m0/s1. The molecule has 25 heteroatoms. The second kappa shape index (κ2) is 30.8. The van der Waals surface area contributed by atoms with Crippen LogP contribution < -0.4 is 59.7 Å². The molecule has 0 unspecified atom stereocenters. The molecule has 2 heterocycles. The molecule has 2 fully saturated rings. The Morgan fingerprint density at radius 2 is 1.21 bits per heavy atom. The Hall–Kier alpha value is -6.11. The van der Waals surface area contributed by atoms with Gasteiger partial charge in [0.05, 0.1) is 18.7 Å². The quantitative estimate of drug-likeness (QED) is 0.0195. The molecule has 0 radical (unpaired) electrons. The van der Waals surface area contributed by atoms with Crippen LogP contribution in [0.1, 0.15) is 127 Å². The minimum Gasteiger partial charge on any atom is -0.391 e. The molecule has 0 bridgehead atoms. The van der Waals surface area contributed by atoms with Crippen molar-refractivity contribution >= 4 is 65.0 Å². The number of primary amides is 1. The van der Waals surface area contributed by atoms with Crippen molar-refractivity contribution in [2.45, 2.75) is 187 Å². The van der Waals surface area contributed by atoms with Gasteiger partial charge in [0.1, 0.15) is 48.3 Å². The molecule has 0 aliphatic carbocycles. The van der Waals surface area contributed by atoms with Crippen LogP contribution >= 0.6 is 0 Å². The number of guanidine groups is 1. The van der Waals surface area contributed by atoms with Crippen LogP contribution in [0.3, 0.4) is 0 Å². The number of hydrogen-bond donors (Lipinski definition) is 12. The Bertz CT molecular complexity index is 1950. The second-order valence-corrected chi connectivity index (χ2v) is 20.1. The zero-order valence-electron chi connectivity index (χ0n) is 44.5. The molecule has 0 aromatic carbocycles. The lowest BCUT2D eigenvalue weighted by atomic mass is 9.96. The average Bonchev–Trinajstić information content (AvgIpc) is 4.00. The number of hydrogen-bond acceptors (Lipinski definition) is 13. The van der Waals surface area contributed by atoms with Crippen LogP contribution in [-0.2, 0) is 47.9 Å². The van der Waals surface area contributed by atoms with E-state index in [0.717, 1.165) is 13.0 Å². The van der Waals surface area contributed by atoms with Gasteiger partial charge in [-0.3, -0.25) is 57.8 Å². The highest BCUT2D eigenvalue weighted by molar-refractivity contribution is 5.98. The SMILES string of the molecule is CCC[C@H](NC(=O)[C@@H](NC(=O)[C@@H](CC(C)C)NC(=O)[C@@H](NC(=O)CNC(=O)[C@@H]1CCCN1C)C(C)C)[C@@H](C)O)C(=O)N[C@H](C(=O)N[C@@H](CCCN=C(N)N)C(=O)N1CCC[C@H]1C(=O)N[C@H](C)C(N)=O)[C@@H](C)CC. The summed E-state index contributed by atoms with van der Waals surface area (Å²) in [6.07, 6.45) is 2.01. The minimum absolute atomic E-state index is 0.0438. The van der Waals surface area contributed by atoms with Gasteiger partial charge in [-0.2, -0.15) is 0 Å². The first kappa shape index (κ1) is 63.0. The van der Waals surface area contributed by atoms with Crippen molar-refractivity contribution in [2.75, 3.05) is 33.2 Å². The molecule has 2 saturated heterocycles. The lowest BCUT2D eigenvalue weighted by Crippen LogP contribution is -2.62. The smallest absolute Gasteiger partial charge is 0.245 e. The van der Waals surface area contributed by atoms with E-state index in [1.54, 1.807) is 34.6 Å². The molecular weight excluding hydrogens is 949 g/mol. The average molecular weight is 1040 g/mol. The fourth-order valence-electron chi connectivity index (χ4n) is 8.59. The number of carbonyl (C=O) groups excluding carboxylic acids is 10. The van der Waals surface area contributed by atoms with Crippen molar-refractivity contribution < 1.29 is 53.1 Å². The molecule has 2 aliphatic heterocycles. The molecule has 2 rings (SSSR count). The van der Waals surface area contributed by atoms with Crippen LogP contribution in [0.25, 0.3) is 0 Å². The van der Waals surface area contributed by atoms with Gasteiger partial charge in [0.15, 0.2) is 5.96 Å². The Morgan fingerprint density at radius 3 is 1.75 bits per heavy atom. The number of nitrogens with zero attached hydrogens (tertiary/aromatic N) is 3. The molecule has 0 spiro atoms. The Kier molecular flexibility index (Phi) is 26.6. The van der Waals surface area contributed by atoms with Crippen LogP contribution in [0.15, 0.2) is 4.99 Å². The molecule has 0 saturated carbocycles. The fraction of sp³-hybridized carbons (Fsp3) is 0.771. The molecule has 25 nitrogen and oxygen atoms in total. The number of likely N-dealkylation sites (tertiary alicyclic amines) is 2. The summed E-state index contributed by atoms with van der Waals surface area (Å²) in [6.45, 7) is 15.7. The highest BCUT2D eigenvalue weighted by atomic mass is 16.3. The summed E-state index contributed by atoms with van der Waals surface area (Å²) in [5.74, 6) is -8.04. The third-order valence-corrected chi connectivity index (χ3v) is 13.1. The lowest BCUT2D eigenvalue weighted by Gasteiger charge is -2.32. The first-order valence-electron chi connectivity index (χ1n) is 25.7. The van der Waals surface area contributed by atoms with E-state index in [-0.39, 0.29) is 69.1 Å². The van der Waals surface area contributed by atoms with E-state index < -0.39 is 119 Å². The number of carbonyl (C=O) groups is 10. The van der Waals surface area contributed by atoms with Gasteiger partial charge in [0.2, 0.25) is 59.1 Å². The summed E-state index contributed by atoms with van der Waals surface area (Å²) in [5.41, 5.74) is 16.3. The van der Waals surface area contributed by atoms with Gasteiger partial charge >= 0.3 is 0 Å². The van der Waals surface area contributed by atoms with Crippen molar-refractivity contribution in [1.82, 2.24) is 52.3 Å². The fourth-order valence-corrected chi connectivity index (χ4v) is 8.59. The van der Waals surface area contributed by atoms with E-state index in [4.69, 9.17) is 17.2 Å². The maximum atomic E-state index is 14.2. The van der Waals surface area contributed by atoms with Gasteiger partial charge < -0.3 is 69.7 Å². The zero-order valence-corrected chi connectivity index (χ0v) is 44.5. The van der Waals surface area contributed by atoms with E-state index in [1.165, 1.54) is 18.7 Å². The van der Waals surface area contributed by atoms with Crippen molar-refractivity contribution in [2.24, 2.45) is 39.9 Å². The second-order valence-electron chi connectivity index (χ2n) is 20.1. The van der Waals surface area contributed by atoms with Gasteiger partial charge in [-0.25, -0.2) is 0 Å². The van der Waals surface area contributed by atoms with Crippen LogP contribution in [0.4, 0.5) is 0 Å². The highest BCUT2D eigenvalue weighted by Gasteiger charge is 2.40. The monoisotopic (exact) mass is 1030 g/mol. The minimum atomic E-state index is -1.62. The molecule has 11 atom stereocenters. The van der Waals surface area contributed by atoms with E-state index in [2.05, 4.69) is 47.5 Å². The van der Waals surface area contributed by atoms with E-state index in [0.29, 0.717) is 32.1 Å². The Balaban J connectivity index is 2.28. The number of likely N-dealkylation sites (N-methyl/N-ethyl adjacent to an activating group) is 1. The first-order chi connectivity index (χ1) is 34.2. The molecule has 414 valence electrons. The summed E-state index contributed by atoms with van der Waals surface area (Å²) in [7, 11) is 1.83. The third-order valence-electron chi connectivity index (χ3n) is 13.1. The van der Waals surface area contributed by atoms with Gasteiger partial charge in [-0.15, -0.1) is 0 Å². The summed E-state index contributed by atoms with van der Waals surface area (Å²) < 4.78 is 0. The predicted molar refractivity (Wildman–Crippen MR) is 272 cm³/mol.